The number of Topliss-reactive ketones (excluding diaryl/α,β-unsaturated/α-hetero) is 1. The molecule has 0 spiro atoms. The number of ketones is 1. The summed E-state index contributed by atoms with van der Waals surface area (Å²) in [6.07, 6.45) is 1.46. The van der Waals surface area contributed by atoms with E-state index in [0.717, 1.165) is 0 Å². The number of alkyl halides is 1. The first-order chi connectivity index (χ1) is 5.79. The topological polar surface area (TPSA) is 60.9 Å². The molecule has 0 amide bonds. The minimum atomic E-state index is -0.535. The predicted molar refractivity (Wildman–Crippen MR) is 41.6 cm³/mol. The standard InChI is InChI=1S/C7H10FN3O/c8-2-4-11-6(1-3-10-11)7(12)5-9/h1,3H,2,4-5,9H2. The maximum Gasteiger partial charge on any atom is 0.194 e. The van der Waals surface area contributed by atoms with E-state index in [1.165, 1.54) is 16.9 Å². The first-order valence-corrected chi connectivity index (χ1v) is 3.60. The Morgan fingerprint density at radius 1 is 1.75 bits per heavy atom. The van der Waals surface area contributed by atoms with E-state index in [1.807, 2.05) is 0 Å². The maximum absolute atomic E-state index is 11.9. The number of hydrogen-bond acceptors (Lipinski definition) is 3. The van der Waals surface area contributed by atoms with Gasteiger partial charge in [-0.05, 0) is 6.07 Å². The summed E-state index contributed by atoms with van der Waals surface area (Å²) >= 11 is 0. The summed E-state index contributed by atoms with van der Waals surface area (Å²) < 4.78 is 13.2. The Hall–Kier alpha value is -1.23. The van der Waals surface area contributed by atoms with E-state index in [4.69, 9.17) is 5.73 Å². The van der Waals surface area contributed by atoms with Gasteiger partial charge in [0.15, 0.2) is 5.78 Å². The molecule has 1 aromatic rings. The summed E-state index contributed by atoms with van der Waals surface area (Å²) in [7, 11) is 0. The third-order valence-corrected chi connectivity index (χ3v) is 1.48. The van der Waals surface area contributed by atoms with Crippen molar-refractivity contribution in [2.75, 3.05) is 13.2 Å². The zero-order valence-electron chi connectivity index (χ0n) is 6.53. The maximum atomic E-state index is 11.9. The molecule has 1 heterocycles. The van der Waals surface area contributed by atoms with Crippen molar-refractivity contribution >= 4 is 5.78 Å². The van der Waals surface area contributed by atoms with Crippen molar-refractivity contribution in [3.63, 3.8) is 0 Å². The minimum absolute atomic E-state index is 0.0714. The van der Waals surface area contributed by atoms with Crippen LogP contribution in [0.5, 0.6) is 0 Å². The third kappa shape index (κ3) is 1.68. The summed E-state index contributed by atoms with van der Waals surface area (Å²) in [5, 5.41) is 3.78. The van der Waals surface area contributed by atoms with Gasteiger partial charge >= 0.3 is 0 Å². The highest BCUT2D eigenvalue weighted by molar-refractivity contribution is 5.95. The molecule has 0 atom stereocenters. The van der Waals surface area contributed by atoms with Crippen molar-refractivity contribution in [1.82, 2.24) is 9.78 Å². The molecule has 66 valence electrons. The van der Waals surface area contributed by atoms with Crippen molar-refractivity contribution in [3.05, 3.63) is 18.0 Å². The highest BCUT2D eigenvalue weighted by Crippen LogP contribution is 1.99. The summed E-state index contributed by atoms with van der Waals surface area (Å²) in [4.78, 5) is 11.1. The molecule has 5 heteroatoms. The van der Waals surface area contributed by atoms with Crippen LogP contribution in [0.1, 0.15) is 10.5 Å². The van der Waals surface area contributed by atoms with Crippen LogP contribution in [0.3, 0.4) is 0 Å². The fraction of sp³-hybridized carbons (Fsp3) is 0.429. The summed E-state index contributed by atoms with van der Waals surface area (Å²) in [6.45, 7) is -0.501. The minimum Gasteiger partial charge on any atom is -0.324 e. The van der Waals surface area contributed by atoms with Gasteiger partial charge in [-0.15, -0.1) is 0 Å². The summed E-state index contributed by atoms with van der Waals surface area (Å²) in [5.74, 6) is -0.221. The van der Waals surface area contributed by atoms with Crippen LogP contribution in [0.25, 0.3) is 0 Å². The number of aromatic nitrogens is 2. The molecular formula is C7H10FN3O. The van der Waals surface area contributed by atoms with Crippen molar-refractivity contribution in [3.8, 4) is 0 Å². The van der Waals surface area contributed by atoms with Gasteiger partial charge in [0.05, 0.1) is 13.1 Å². The molecule has 0 aromatic carbocycles. The lowest BCUT2D eigenvalue weighted by Crippen LogP contribution is -2.19. The van der Waals surface area contributed by atoms with Crippen LogP contribution in [0.2, 0.25) is 0 Å². The van der Waals surface area contributed by atoms with Crippen molar-refractivity contribution in [1.29, 1.82) is 0 Å². The van der Waals surface area contributed by atoms with Crippen LogP contribution in [0.15, 0.2) is 12.3 Å². The van der Waals surface area contributed by atoms with Crippen molar-refractivity contribution in [2.45, 2.75) is 6.54 Å². The van der Waals surface area contributed by atoms with Gasteiger partial charge in [0.25, 0.3) is 0 Å². The Labute approximate surface area is 69.2 Å². The number of rotatable bonds is 4. The van der Waals surface area contributed by atoms with Crippen LogP contribution in [0, 0.1) is 0 Å². The monoisotopic (exact) mass is 171 g/mol. The van der Waals surface area contributed by atoms with Gasteiger partial charge in [-0.25, -0.2) is 4.39 Å². The fourth-order valence-electron chi connectivity index (χ4n) is 0.932. The molecule has 0 aliphatic carbocycles. The van der Waals surface area contributed by atoms with Crippen LogP contribution in [0.4, 0.5) is 4.39 Å². The number of halogens is 1. The quantitative estimate of drug-likeness (QED) is 0.648. The van der Waals surface area contributed by atoms with Gasteiger partial charge in [-0.3, -0.25) is 9.48 Å². The highest BCUT2D eigenvalue weighted by Gasteiger charge is 2.08. The Morgan fingerprint density at radius 3 is 3.08 bits per heavy atom. The third-order valence-electron chi connectivity index (χ3n) is 1.48. The van der Waals surface area contributed by atoms with Crippen LogP contribution < -0.4 is 5.73 Å². The average Bonchev–Trinajstić information content (AvgIpc) is 2.52. The zero-order valence-corrected chi connectivity index (χ0v) is 6.53. The van der Waals surface area contributed by atoms with Crippen LogP contribution in [-0.4, -0.2) is 28.8 Å². The normalized spacial score (nSPS) is 10.2. The molecule has 12 heavy (non-hydrogen) atoms. The molecule has 4 nitrogen and oxygen atoms in total. The molecule has 0 bridgehead atoms. The van der Waals surface area contributed by atoms with E-state index < -0.39 is 6.67 Å². The number of carbonyl (C=O) groups is 1. The van der Waals surface area contributed by atoms with E-state index in [-0.39, 0.29) is 18.9 Å². The fourth-order valence-corrected chi connectivity index (χ4v) is 0.932. The summed E-state index contributed by atoms with van der Waals surface area (Å²) in [6, 6.07) is 1.53. The number of hydrogen-bond donors (Lipinski definition) is 1. The molecule has 0 aliphatic heterocycles. The van der Waals surface area contributed by atoms with Gasteiger partial charge in [-0.1, -0.05) is 0 Å². The zero-order chi connectivity index (χ0) is 8.97. The molecule has 0 unspecified atom stereocenters. The van der Waals surface area contributed by atoms with Gasteiger partial charge in [0.2, 0.25) is 0 Å². The Kier molecular flexibility index (Phi) is 2.93. The highest BCUT2D eigenvalue weighted by atomic mass is 19.1. The van der Waals surface area contributed by atoms with E-state index in [9.17, 15) is 9.18 Å². The van der Waals surface area contributed by atoms with E-state index in [2.05, 4.69) is 5.10 Å². The van der Waals surface area contributed by atoms with Gasteiger partial charge in [0, 0.05) is 6.20 Å². The Balaban J connectivity index is 2.83. The van der Waals surface area contributed by atoms with Gasteiger partial charge in [-0.2, -0.15) is 5.10 Å². The Bertz CT molecular complexity index is 271. The first-order valence-electron chi connectivity index (χ1n) is 3.60. The molecule has 2 N–H and O–H groups in total. The van der Waals surface area contributed by atoms with Crippen LogP contribution >= 0.6 is 0 Å². The number of carbonyl (C=O) groups excluding carboxylic acids is 1. The molecule has 0 saturated carbocycles. The molecule has 0 aliphatic rings. The second-order valence-corrected chi connectivity index (χ2v) is 2.26. The predicted octanol–water partition coefficient (Wildman–Crippen LogP) is -0.00600. The van der Waals surface area contributed by atoms with E-state index in [0.29, 0.717) is 5.69 Å². The Morgan fingerprint density at radius 2 is 2.50 bits per heavy atom. The molecular weight excluding hydrogens is 161 g/mol. The van der Waals surface area contributed by atoms with Gasteiger partial charge in [0.1, 0.15) is 12.4 Å². The van der Waals surface area contributed by atoms with E-state index in [1.54, 1.807) is 0 Å². The summed E-state index contributed by atoms with van der Waals surface area (Å²) in [5.41, 5.74) is 5.51. The van der Waals surface area contributed by atoms with Crippen molar-refractivity contribution < 1.29 is 9.18 Å². The molecule has 0 radical (unpaired) electrons. The SMILES string of the molecule is NCC(=O)c1ccnn1CCF. The first kappa shape index (κ1) is 8.86. The van der Waals surface area contributed by atoms with Gasteiger partial charge < -0.3 is 5.73 Å². The molecule has 0 saturated heterocycles. The largest absolute Gasteiger partial charge is 0.324 e. The molecule has 1 rings (SSSR count). The number of aryl methyl sites for hydroxylation is 1. The smallest absolute Gasteiger partial charge is 0.194 e. The second kappa shape index (κ2) is 3.96. The lowest BCUT2D eigenvalue weighted by atomic mass is 10.3. The lowest BCUT2D eigenvalue weighted by Gasteiger charge is -2.01. The van der Waals surface area contributed by atoms with E-state index >= 15 is 0 Å². The van der Waals surface area contributed by atoms with Crippen LogP contribution in [-0.2, 0) is 6.54 Å². The van der Waals surface area contributed by atoms with Crippen molar-refractivity contribution in [2.24, 2.45) is 5.73 Å². The lowest BCUT2D eigenvalue weighted by molar-refractivity contribution is 0.0990. The molecule has 1 aromatic heterocycles. The molecule has 0 fully saturated rings. The number of nitrogens with zero attached hydrogens (tertiary/aromatic N) is 2. The average molecular weight is 171 g/mol. The number of nitrogens with two attached hydrogens (primary N) is 1. The second-order valence-electron chi connectivity index (χ2n) is 2.26.